The van der Waals surface area contributed by atoms with Gasteiger partial charge in [-0.2, -0.15) is 10.2 Å². The van der Waals surface area contributed by atoms with Gasteiger partial charge in [0.15, 0.2) is 5.82 Å². The fourth-order valence-electron chi connectivity index (χ4n) is 5.11. The van der Waals surface area contributed by atoms with E-state index < -0.39 is 0 Å². The quantitative estimate of drug-likeness (QED) is 0.407. The molecule has 0 aliphatic carbocycles. The Morgan fingerprint density at radius 1 is 1.14 bits per heavy atom. The fraction of sp³-hybridized carbons (Fsp3) is 0.269. The van der Waals surface area contributed by atoms with Crippen LogP contribution in [-0.4, -0.2) is 60.4 Å². The molecule has 1 saturated heterocycles. The largest absolute Gasteiger partial charge is 0.382 e. The summed E-state index contributed by atoms with van der Waals surface area (Å²) >= 11 is 0. The molecule has 2 amide bonds. The van der Waals surface area contributed by atoms with Gasteiger partial charge >= 0.3 is 6.03 Å². The first-order valence-electron chi connectivity index (χ1n) is 12.1. The summed E-state index contributed by atoms with van der Waals surface area (Å²) in [5.74, 6) is 0.706. The molecule has 4 aromatic heterocycles. The van der Waals surface area contributed by atoms with Crippen molar-refractivity contribution in [3.63, 3.8) is 0 Å². The molecule has 1 aromatic carbocycles. The van der Waals surface area contributed by atoms with Gasteiger partial charge in [-0.1, -0.05) is 18.2 Å². The number of amides is 2. The molecule has 0 atom stereocenters. The van der Waals surface area contributed by atoms with Crippen molar-refractivity contribution in [3.8, 4) is 11.1 Å². The average Bonchev–Trinajstić information content (AvgIpc) is 3.50. The number of carbonyl (C=O) groups excluding carboxylic acids is 1. The lowest BCUT2D eigenvalue weighted by atomic mass is 9.93. The number of benzene rings is 1. The third-order valence-electron chi connectivity index (χ3n) is 6.94. The van der Waals surface area contributed by atoms with Gasteiger partial charge in [0.2, 0.25) is 0 Å². The number of rotatable bonds is 4. The summed E-state index contributed by atoms with van der Waals surface area (Å²) in [5, 5.41) is 13.1. The number of likely N-dealkylation sites (tertiary alicyclic amines) is 1. The highest BCUT2D eigenvalue weighted by Gasteiger charge is 2.27. The summed E-state index contributed by atoms with van der Waals surface area (Å²) in [4.78, 5) is 22.6. The normalized spacial score (nSPS) is 14.5. The number of hydrogen-bond acceptors (Lipinski definition) is 6. The minimum Gasteiger partial charge on any atom is -0.382 e. The number of nitrogens with zero attached hydrogens (tertiary/aromatic N) is 7. The highest BCUT2D eigenvalue weighted by Crippen LogP contribution is 2.37. The molecule has 36 heavy (non-hydrogen) atoms. The van der Waals surface area contributed by atoms with Gasteiger partial charge in [-0.25, -0.2) is 14.3 Å². The first kappa shape index (κ1) is 22.0. The second kappa shape index (κ2) is 8.95. The highest BCUT2D eigenvalue weighted by molar-refractivity contribution is 5.92. The number of nitrogens with two attached hydrogens (primary N) is 1. The van der Waals surface area contributed by atoms with E-state index in [0.717, 1.165) is 51.8 Å². The van der Waals surface area contributed by atoms with Gasteiger partial charge in [0.05, 0.1) is 17.8 Å². The van der Waals surface area contributed by atoms with Crippen molar-refractivity contribution in [3.05, 3.63) is 72.6 Å². The molecule has 6 rings (SSSR count). The van der Waals surface area contributed by atoms with Gasteiger partial charge in [-0.3, -0.25) is 9.67 Å². The predicted octanol–water partition coefficient (Wildman–Crippen LogP) is 3.29. The van der Waals surface area contributed by atoms with Crippen LogP contribution < -0.4 is 11.1 Å². The zero-order valence-electron chi connectivity index (χ0n) is 20.0. The maximum Gasteiger partial charge on any atom is 0.317 e. The Hall–Kier alpha value is -4.47. The SMILES string of the molecule is CNC(=O)N1CCC(c2cc(-c3ccc4cn(Cc5ccccn5)nc4c3)c3c(N)ncnn23)CC1. The van der Waals surface area contributed by atoms with Gasteiger partial charge in [0, 0.05) is 55.1 Å². The van der Waals surface area contributed by atoms with E-state index in [-0.39, 0.29) is 11.9 Å². The number of anilines is 1. The van der Waals surface area contributed by atoms with E-state index in [1.165, 1.54) is 6.33 Å². The number of pyridine rings is 1. The lowest BCUT2D eigenvalue weighted by Crippen LogP contribution is -2.42. The first-order chi connectivity index (χ1) is 17.6. The fourth-order valence-corrected chi connectivity index (χ4v) is 5.11. The van der Waals surface area contributed by atoms with Crippen molar-refractivity contribution in [1.82, 2.24) is 39.6 Å². The van der Waals surface area contributed by atoms with E-state index in [1.807, 2.05) is 38.5 Å². The van der Waals surface area contributed by atoms with Gasteiger partial charge < -0.3 is 16.0 Å². The van der Waals surface area contributed by atoms with Gasteiger partial charge in [-0.05, 0) is 42.7 Å². The molecular weight excluding hydrogens is 454 g/mol. The van der Waals surface area contributed by atoms with Crippen LogP contribution in [-0.2, 0) is 6.54 Å². The zero-order valence-corrected chi connectivity index (χ0v) is 20.0. The number of nitrogens with one attached hydrogen (secondary N) is 1. The minimum absolute atomic E-state index is 0.0310. The molecule has 0 spiro atoms. The van der Waals surface area contributed by atoms with E-state index in [4.69, 9.17) is 10.8 Å². The zero-order chi connectivity index (χ0) is 24.6. The average molecular weight is 482 g/mol. The maximum atomic E-state index is 12.0. The van der Waals surface area contributed by atoms with Gasteiger partial charge in [-0.15, -0.1) is 0 Å². The molecule has 1 aliphatic heterocycles. The number of fused-ring (bicyclic) bond motifs is 2. The maximum absolute atomic E-state index is 12.0. The number of urea groups is 1. The van der Waals surface area contributed by atoms with E-state index in [0.29, 0.717) is 25.5 Å². The topological polar surface area (TPSA) is 119 Å². The van der Waals surface area contributed by atoms with Crippen molar-refractivity contribution >= 4 is 28.3 Å². The molecule has 3 N–H and O–H groups in total. The molecule has 0 unspecified atom stereocenters. The molecule has 1 aliphatic rings. The summed E-state index contributed by atoms with van der Waals surface area (Å²) in [6.07, 6.45) is 7.05. The Morgan fingerprint density at radius 3 is 2.78 bits per heavy atom. The Kier molecular flexibility index (Phi) is 5.48. The summed E-state index contributed by atoms with van der Waals surface area (Å²) < 4.78 is 3.83. The molecule has 182 valence electrons. The first-order valence-corrected chi connectivity index (χ1v) is 12.1. The second-order valence-corrected chi connectivity index (χ2v) is 9.13. The predicted molar refractivity (Wildman–Crippen MR) is 137 cm³/mol. The summed E-state index contributed by atoms with van der Waals surface area (Å²) in [6.45, 7) is 2.01. The van der Waals surface area contributed by atoms with Gasteiger partial charge in [0.1, 0.15) is 11.8 Å². The molecule has 0 saturated carbocycles. The lowest BCUT2D eigenvalue weighted by molar-refractivity contribution is 0.183. The molecule has 0 bridgehead atoms. The van der Waals surface area contributed by atoms with Crippen molar-refractivity contribution in [2.45, 2.75) is 25.3 Å². The number of piperidine rings is 1. The van der Waals surface area contributed by atoms with Crippen LogP contribution in [0.1, 0.15) is 30.1 Å². The number of carbonyl (C=O) groups is 1. The molecule has 5 heterocycles. The van der Waals surface area contributed by atoms with E-state index in [2.05, 4.69) is 44.6 Å². The summed E-state index contributed by atoms with van der Waals surface area (Å²) in [5.41, 5.74) is 12.1. The van der Waals surface area contributed by atoms with Crippen molar-refractivity contribution in [2.75, 3.05) is 25.9 Å². The monoisotopic (exact) mass is 481 g/mol. The molecule has 5 aromatic rings. The lowest BCUT2D eigenvalue weighted by Gasteiger charge is -2.31. The highest BCUT2D eigenvalue weighted by atomic mass is 16.2. The third-order valence-corrected chi connectivity index (χ3v) is 6.94. The molecule has 10 nitrogen and oxygen atoms in total. The van der Waals surface area contributed by atoms with Crippen molar-refractivity contribution in [2.24, 2.45) is 0 Å². The second-order valence-electron chi connectivity index (χ2n) is 9.13. The molecule has 0 radical (unpaired) electrons. The van der Waals surface area contributed by atoms with E-state index >= 15 is 0 Å². The standard InChI is InChI=1S/C26H27N9O/c1-28-26(36)33-10-7-17(8-11-33)23-13-21(24-25(27)30-16-31-35(23)24)18-5-6-19-14-34(32-22(19)12-18)15-20-4-2-3-9-29-20/h2-6,9,12-14,16-17H,7-8,10-11,15H2,1H3,(H,28,36)(H2,27,30,31). The Balaban J connectivity index is 1.36. The van der Waals surface area contributed by atoms with Gasteiger partial charge in [0.25, 0.3) is 0 Å². The van der Waals surface area contributed by atoms with Crippen LogP contribution in [0.15, 0.2) is 61.2 Å². The Labute approximate surface area is 207 Å². The number of hydrogen-bond donors (Lipinski definition) is 2. The van der Waals surface area contributed by atoms with Crippen molar-refractivity contribution < 1.29 is 4.79 Å². The van der Waals surface area contributed by atoms with Crippen LogP contribution in [0.25, 0.3) is 27.5 Å². The van der Waals surface area contributed by atoms with Crippen LogP contribution in [0.4, 0.5) is 10.6 Å². The van der Waals surface area contributed by atoms with Crippen LogP contribution in [0.5, 0.6) is 0 Å². The van der Waals surface area contributed by atoms with Crippen LogP contribution in [0.2, 0.25) is 0 Å². The molecule has 10 heteroatoms. The minimum atomic E-state index is -0.0310. The summed E-state index contributed by atoms with van der Waals surface area (Å²) in [6, 6.07) is 14.3. The van der Waals surface area contributed by atoms with E-state index in [9.17, 15) is 4.79 Å². The van der Waals surface area contributed by atoms with Crippen LogP contribution in [0.3, 0.4) is 0 Å². The Bertz CT molecular complexity index is 1550. The van der Waals surface area contributed by atoms with Crippen LogP contribution in [0, 0.1) is 0 Å². The molecule has 1 fully saturated rings. The Morgan fingerprint density at radius 2 is 2.00 bits per heavy atom. The molecular formula is C26H27N9O. The summed E-state index contributed by atoms with van der Waals surface area (Å²) in [7, 11) is 1.67. The van der Waals surface area contributed by atoms with Crippen molar-refractivity contribution in [1.29, 1.82) is 0 Å². The van der Waals surface area contributed by atoms with E-state index in [1.54, 1.807) is 13.2 Å². The third kappa shape index (κ3) is 3.90. The number of aromatic nitrogens is 6. The van der Waals surface area contributed by atoms with Crippen LogP contribution >= 0.6 is 0 Å². The smallest absolute Gasteiger partial charge is 0.317 e. The number of nitrogen functional groups attached to an aromatic ring is 1.